The highest BCUT2D eigenvalue weighted by Gasteiger charge is 2.33. The molecule has 104 heavy (non-hydrogen) atoms. The molecular formula is C67H114N10O25P2. The van der Waals surface area contributed by atoms with E-state index < -0.39 is 111 Å². The molecule has 0 fully saturated rings. The summed E-state index contributed by atoms with van der Waals surface area (Å²) in [5.74, 6) is -1.41. The Bertz CT molecular complexity index is 2890. The van der Waals surface area contributed by atoms with E-state index in [9.17, 15) is 57.1 Å². The number of esters is 7. The lowest BCUT2D eigenvalue weighted by atomic mass is 10.0. The van der Waals surface area contributed by atoms with E-state index in [0.717, 1.165) is 25.7 Å². The van der Waals surface area contributed by atoms with Gasteiger partial charge in [-0.1, -0.05) is 82.5 Å². The SMILES string of the molecule is C#CCOC(=O)CCC(C)C(=O)NC(CCC(=O)OCc1cn(C[C@H](OC(=O)CCCC)[C@H](COP(C)(C)=O)OC(=O)CCCC)nn1)C(=O)NCCOCCOC.C#CCOC(=O)CCC(N)C(=O)NCCOCCOC.CCCCC(=O)O[C@@H](CN=[N+]=[N-])[C@H](COP(C)(C)=O)OC(=O)CCCC. The van der Waals surface area contributed by atoms with E-state index in [0.29, 0.717) is 65.3 Å². The number of aromatic nitrogens is 3. The Hall–Kier alpha value is -7.55. The molecule has 3 amide bonds. The molecule has 592 valence electrons. The van der Waals surface area contributed by atoms with Gasteiger partial charge in [-0.2, -0.15) is 0 Å². The third kappa shape index (κ3) is 55.9. The van der Waals surface area contributed by atoms with Gasteiger partial charge in [-0.3, -0.25) is 57.1 Å². The molecular weight excluding hydrogens is 1410 g/mol. The van der Waals surface area contributed by atoms with Crippen molar-refractivity contribution in [3.63, 3.8) is 0 Å². The van der Waals surface area contributed by atoms with Gasteiger partial charge in [-0.25, -0.2) is 4.68 Å². The first kappa shape index (κ1) is 98.5. The summed E-state index contributed by atoms with van der Waals surface area (Å²) in [6, 6.07) is -1.87. The number of hydrogen-bond donors (Lipinski definition) is 4. The number of nitrogens with zero attached hydrogens (tertiary/aromatic N) is 6. The summed E-state index contributed by atoms with van der Waals surface area (Å²) in [5.41, 5.74) is 14.4. The number of carbonyl (C=O) groups excluding carboxylic acids is 10. The van der Waals surface area contributed by atoms with Crippen LogP contribution in [0.5, 0.6) is 0 Å². The summed E-state index contributed by atoms with van der Waals surface area (Å²) in [4.78, 5) is 125. The number of hydrogen-bond acceptors (Lipinski definition) is 29. The lowest BCUT2D eigenvalue weighted by Gasteiger charge is -2.27. The van der Waals surface area contributed by atoms with Crippen LogP contribution in [0.4, 0.5) is 0 Å². The number of unbranched alkanes of at least 4 members (excludes halogenated alkanes) is 4. The van der Waals surface area contributed by atoms with Crippen molar-refractivity contribution in [2.24, 2.45) is 16.8 Å². The molecule has 1 heterocycles. The second kappa shape index (κ2) is 61.7. The molecule has 0 aliphatic rings. The zero-order valence-corrected chi connectivity index (χ0v) is 64.3. The van der Waals surface area contributed by atoms with Crippen molar-refractivity contribution >= 4 is 74.2 Å². The average Bonchev–Trinajstić information content (AvgIpc) is 1.51. The molecule has 5 N–H and O–H groups in total. The van der Waals surface area contributed by atoms with Crippen LogP contribution >= 0.6 is 14.7 Å². The Labute approximate surface area is 611 Å². The predicted octanol–water partition coefficient (Wildman–Crippen LogP) is 5.82. The number of azide groups is 1. The van der Waals surface area contributed by atoms with Gasteiger partial charge in [0.15, 0.2) is 46.3 Å². The minimum absolute atomic E-state index is 0.0562. The molecule has 35 nitrogen and oxygen atoms in total. The van der Waals surface area contributed by atoms with Gasteiger partial charge in [0, 0.05) is 110 Å². The number of carbonyl (C=O) groups is 10. The zero-order chi connectivity index (χ0) is 78.6. The summed E-state index contributed by atoms with van der Waals surface area (Å²) < 4.78 is 93.6. The van der Waals surface area contributed by atoms with Gasteiger partial charge >= 0.3 is 41.8 Å². The molecule has 0 aliphatic carbocycles. The number of nitrogens with two attached hydrogens (primary N) is 1. The molecule has 0 saturated carbocycles. The quantitative estimate of drug-likeness (QED) is 0.00872. The largest absolute Gasteiger partial charge is 0.459 e. The van der Waals surface area contributed by atoms with E-state index in [1.54, 1.807) is 14.0 Å². The number of amides is 3. The topological polar surface area (TPSA) is 466 Å². The summed E-state index contributed by atoms with van der Waals surface area (Å²) >= 11 is 0. The first-order chi connectivity index (χ1) is 49.5. The average molecular weight is 1520 g/mol. The number of rotatable bonds is 57. The maximum Gasteiger partial charge on any atom is 0.306 e. The lowest BCUT2D eigenvalue weighted by molar-refractivity contribution is -0.172. The number of methoxy groups -OCH3 is 2. The van der Waals surface area contributed by atoms with Gasteiger partial charge < -0.3 is 82.8 Å². The third-order valence-electron chi connectivity index (χ3n) is 13.7. The van der Waals surface area contributed by atoms with Gasteiger partial charge in [0.25, 0.3) is 0 Å². The summed E-state index contributed by atoms with van der Waals surface area (Å²) in [6.07, 6.45) is 13.6. The van der Waals surface area contributed by atoms with Crippen molar-refractivity contribution in [1.29, 1.82) is 0 Å². The second-order valence-corrected chi connectivity index (χ2v) is 29.4. The molecule has 1 aromatic heterocycles. The standard InChI is InChI=1S/C38H62N5O14P.C16H30N3O6P.C13H22N2O5/c1-8-11-13-35(46)56-31(32(27-55-58(6,7)50)57-36(47)14-12-9-2)25-43-24-29(41-42-43)26-54-34(45)18-16-30(38(49)39-19-21-52-23-22-51-5)40-37(48)28(4)15-17-33(44)53-20-10-3;1-5-7-9-15(20)24-13(11-18-19-17)14(12-23-26(3,4)22)25-16(21)10-8-6-2;1-3-7-20-12(16)5-4-11(14)13(17)15-6-8-19-10-9-18-2/h3,24,28,30-32H,8-9,11-23,25-27H2,1-2,4-7H3,(H,39,49)(H,40,48);13-14H,5-12H2,1-4H3;1,11H,4-10,14H2,2H3,(H,15,17)/t28?,30?,31-,32-;13-,14-;/m00./s1. The van der Waals surface area contributed by atoms with Gasteiger partial charge in [0.2, 0.25) is 17.7 Å². The number of nitrogens with one attached hydrogen (secondary N) is 3. The minimum Gasteiger partial charge on any atom is -0.459 e. The van der Waals surface area contributed by atoms with Gasteiger partial charge in [0.1, 0.15) is 24.4 Å². The highest BCUT2D eigenvalue weighted by molar-refractivity contribution is 7.57. The Balaban J connectivity index is 0. The highest BCUT2D eigenvalue weighted by atomic mass is 31.2. The smallest absolute Gasteiger partial charge is 0.306 e. The summed E-state index contributed by atoms with van der Waals surface area (Å²) in [7, 11) is -2.73. The molecule has 0 spiro atoms. The molecule has 37 heteroatoms. The summed E-state index contributed by atoms with van der Waals surface area (Å²) in [5, 5.41) is 19.4. The molecule has 0 aromatic carbocycles. The van der Waals surface area contributed by atoms with Crippen LogP contribution in [0.15, 0.2) is 11.3 Å². The van der Waals surface area contributed by atoms with Crippen molar-refractivity contribution in [1.82, 2.24) is 30.9 Å². The first-order valence-corrected chi connectivity index (χ1v) is 39.7. The number of terminal acetylenes is 2. The Kier molecular flexibility index (Phi) is 58.5. The van der Waals surface area contributed by atoms with E-state index in [4.69, 9.17) is 80.5 Å². The van der Waals surface area contributed by atoms with Crippen LogP contribution < -0.4 is 21.7 Å². The lowest BCUT2D eigenvalue weighted by Crippen LogP contribution is -2.49. The normalized spacial score (nSPS) is 12.9. The number of ether oxygens (including phenoxy) is 11. The first-order valence-electron chi connectivity index (χ1n) is 34.6. The Morgan fingerprint density at radius 3 is 1.44 bits per heavy atom. The van der Waals surface area contributed by atoms with Crippen LogP contribution in [0, 0.1) is 30.6 Å². The van der Waals surface area contributed by atoms with Crippen molar-refractivity contribution in [2.45, 2.75) is 200 Å². The van der Waals surface area contributed by atoms with E-state index in [-0.39, 0.29) is 135 Å². The van der Waals surface area contributed by atoms with Crippen molar-refractivity contribution in [2.75, 3.05) is 127 Å². The predicted molar refractivity (Wildman–Crippen MR) is 380 cm³/mol. The van der Waals surface area contributed by atoms with Crippen molar-refractivity contribution in [3.8, 4) is 24.7 Å². The highest BCUT2D eigenvalue weighted by Crippen LogP contribution is 2.38. The molecule has 0 bridgehead atoms. The fraction of sp³-hybridized carbons (Fsp3) is 0.761. The third-order valence-corrected chi connectivity index (χ3v) is 15.3. The van der Waals surface area contributed by atoms with E-state index >= 15 is 0 Å². The van der Waals surface area contributed by atoms with Crippen molar-refractivity contribution in [3.05, 3.63) is 22.3 Å². The minimum atomic E-state index is -3.01. The van der Waals surface area contributed by atoms with Gasteiger partial charge in [-0.05, 0) is 50.5 Å². The molecule has 0 radical (unpaired) electrons. The van der Waals surface area contributed by atoms with Crippen LogP contribution in [0.1, 0.15) is 156 Å². The molecule has 3 unspecified atom stereocenters. The van der Waals surface area contributed by atoms with Crippen LogP contribution in [-0.2, 0) is 131 Å². The van der Waals surface area contributed by atoms with Crippen LogP contribution in [0.25, 0.3) is 10.4 Å². The monoisotopic (exact) mass is 1520 g/mol. The fourth-order valence-corrected chi connectivity index (χ4v) is 8.97. The molecule has 0 saturated heterocycles. The Morgan fingerprint density at radius 2 is 1.00 bits per heavy atom. The van der Waals surface area contributed by atoms with Crippen LogP contribution in [-0.4, -0.2) is 238 Å². The molecule has 7 atom stereocenters. The van der Waals surface area contributed by atoms with E-state index in [2.05, 4.69) is 52.9 Å². The maximum absolute atomic E-state index is 13.1. The van der Waals surface area contributed by atoms with Crippen LogP contribution in [0.3, 0.4) is 0 Å². The van der Waals surface area contributed by atoms with E-state index in [1.807, 2.05) is 27.7 Å². The maximum atomic E-state index is 13.1. The summed E-state index contributed by atoms with van der Waals surface area (Å²) in [6.45, 7) is 16.4. The van der Waals surface area contributed by atoms with Crippen molar-refractivity contribution < 1.29 is 118 Å². The fourth-order valence-electron chi connectivity index (χ4n) is 7.96. The molecule has 0 aliphatic heterocycles. The van der Waals surface area contributed by atoms with Gasteiger partial charge in [-0.15, -0.1) is 17.9 Å². The molecule has 1 aromatic rings. The van der Waals surface area contributed by atoms with Crippen LogP contribution in [0.2, 0.25) is 0 Å². The van der Waals surface area contributed by atoms with E-state index in [1.165, 1.54) is 44.6 Å². The molecule has 1 rings (SSSR count). The Morgan fingerprint density at radius 1 is 0.577 bits per heavy atom. The zero-order valence-electron chi connectivity index (χ0n) is 62.5. The second-order valence-electron chi connectivity index (χ2n) is 23.8. The van der Waals surface area contributed by atoms with Gasteiger partial charge in [0.05, 0.1) is 78.2 Å².